The lowest BCUT2D eigenvalue weighted by atomic mass is 10.1. The van der Waals surface area contributed by atoms with E-state index in [1.165, 1.54) is 24.1 Å². The highest BCUT2D eigenvalue weighted by molar-refractivity contribution is 7.92. The molecule has 0 aromatic heterocycles. The van der Waals surface area contributed by atoms with Crippen molar-refractivity contribution >= 4 is 27.5 Å². The van der Waals surface area contributed by atoms with Crippen molar-refractivity contribution in [3.8, 4) is 11.5 Å². The second kappa shape index (κ2) is 13.8. The van der Waals surface area contributed by atoms with E-state index in [2.05, 4.69) is 5.32 Å². The zero-order valence-corrected chi connectivity index (χ0v) is 24.4. The molecule has 1 unspecified atom stereocenters. The van der Waals surface area contributed by atoms with E-state index < -0.39 is 28.5 Å². The lowest BCUT2D eigenvalue weighted by Crippen LogP contribution is -2.51. The first kappa shape index (κ1) is 30.5. The maximum absolute atomic E-state index is 13.9. The van der Waals surface area contributed by atoms with Crippen LogP contribution >= 0.6 is 0 Å². The summed E-state index contributed by atoms with van der Waals surface area (Å²) in [6.07, 6.45) is 0.741. The zero-order chi connectivity index (χ0) is 29.3. The summed E-state index contributed by atoms with van der Waals surface area (Å²) in [7, 11) is -1.06. The predicted molar refractivity (Wildman–Crippen MR) is 155 cm³/mol. The number of rotatable bonds is 13. The molecule has 0 radical (unpaired) electrons. The van der Waals surface area contributed by atoms with Gasteiger partial charge in [-0.15, -0.1) is 0 Å². The first-order valence-electron chi connectivity index (χ1n) is 13.0. The van der Waals surface area contributed by atoms with Crippen molar-refractivity contribution < 1.29 is 27.5 Å². The van der Waals surface area contributed by atoms with E-state index in [-0.39, 0.29) is 17.3 Å². The standard InChI is InChI=1S/C30H37N3O6S/c1-6-19-31-30(35)23(3)32(20-24-9-13-26(38-4)14-10-24)29(34)21-33(25-11-15-27(39-5)16-12-25)40(36,37)28-17-7-22(2)8-18-28/h7-18,23H,6,19-21H2,1-5H3,(H,31,35). The van der Waals surface area contributed by atoms with Gasteiger partial charge >= 0.3 is 0 Å². The third-order valence-corrected chi connectivity index (χ3v) is 8.26. The zero-order valence-electron chi connectivity index (χ0n) is 23.6. The van der Waals surface area contributed by atoms with Crippen LogP contribution in [0.4, 0.5) is 5.69 Å². The number of nitrogens with zero attached hydrogens (tertiary/aromatic N) is 2. The number of benzene rings is 3. The molecule has 0 aliphatic carbocycles. The van der Waals surface area contributed by atoms with Gasteiger partial charge in [-0.05, 0) is 74.4 Å². The molecular weight excluding hydrogens is 530 g/mol. The fourth-order valence-electron chi connectivity index (χ4n) is 4.02. The lowest BCUT2D eigenvalue weighted by molar-refractivity contribution is -0.139. The maximum atomic E-state index is 13.9. The average molecular weight is 568 g/mol. The number of carbonyl (C=O) groups is 2. The van der Waals surface area contributed by atoms with Gasteiger partial charge in [-0.25, -0.2) is 8.42 Å². The number of aryl methyl sites for hydroxylation is 1. The third kappa shape index (κ3) is 7.53. The smallest absolute Gasteiger partial charge is 0.264 e. The summed E-state index contributed by atoms with van der Waals surface area (Å²) in [5, 5.41) is 2.83. The van der Waals surface area contributed by atoms with Crippen molar-refractivity contribution in [3.05, 3.63) is 83.9 Å². The first-order chi connectivity index (χ1) is 19.1. The molecule has 10 heteroatoms. The molecule has 0 spiro atoms. The fraction of sp³-hybridized carbons (Fsp3) is 0.333. The molecule has 1 atom stereocenters. The largest absolute Gasteiger partial charge is 0.497 e. The van der Waals surface area contributed by atoms with Gasteiger partial charge in [-0.3, -0.25) is 13.9 Å². The molecule has 0 fully saturated rings. The number of sulfonamides is 1. The number of anilines is 1. The molecule has 0 bridgehead atoms. The van der Waals surface area contributed by atoms with Gasteiger partial charge in [-0.1, -0.05) is 36.8 Å². The Morgan fingerprint density at radius 2 is 1.43 bits per heavy atom. The van der Waals surface area contributed by atoms with Gasteiger partial charge in [-0.2, -0.15) is 0 Å². The molecule has 2 amide bonds. The molecule has 3 rings (SSSR count). The summed E-state index contributed by atoms with van der Waals surface area (Å²) in [5.74, 6) is 0.359. The molecule has 3 aromatic rings. The Morgan fingerprint density at radius 1 is 0.875 bits per heavy atom. The Morgan fingerprint density at radius 3 is 1.95 bits per heavy atom. The van der Waals surface area contributed by atoms with Crippen molar-refractivity contribution in [1.29, 1.82) is 0 Å². The highest BCUT2D eigenvalue weighted by Crippen LogP contribution is 2.27. The quantitative estimate of drug-likeness (QED) is 0.333. The Kier molecular flexibility index (Phi) is 10.6. The topological polar surface area (TPSA) is 105 Å². The molecular formula is C30H37N3O6S. The van der Waals surface area contributed by atoms with Gasteiger partial charge in [0.05, 0.1) is 24.8 Å². The first-order valence-corrected chi connectivity index (χ1v) is 14.5. The van der Waals surface area contributed by atoms with Gasteiger partial charge in [0.1, 0.15) is 24.1 Å². The van der Waals surface area contributed by atoms with E-state index in [0.717, 1.165) is 21.9 Å². The Labute approximate surface area is 236 Å². The van der Waals surface area contributed by atoms with Gasteiger partial charge < -0.3 is 19.7 Å². The van der Waals surface area contributed by atoms with Crippen LogP contribution < -0.4 is 19.1 Å². The monoisotopic (exact) mass is 567 g/mol. The van der Waals surface area contributed by atoms with E-state index in [1.54, 1.807) is 74.7 Å². The Balaban J connectivity index is 2.01. The van der Waals surface area contributed by atoms with E-state index in [0.29, 0.717) is 23.7 Å². The van der Waals surface area contributed by atoms with Crippen molar-refractivity contribution in [1.82, 2.24) is 10.2 Å². The normalized spacial score (nSPS) is 11.8. The van der Waals surface area contributed by atoms with Gasteiger partial charge in [0.15, 0.2) is 0 Å². The fourth-order valence-corrected chi connectivity index (χ4v) is 5.44. The highest BCUT2D eigenvalue weighted by atomic mass is 32.2. The van der Waals surface area contributed by atoms with Crippen LogP contribution in [0.1, 0.15) is 31.4 Å². The number of amides is 2. The third-order valence-electron chi connectivity index (χ3n) is 6.48. The van der Waals surface area contributed by atoms with E-state index >= 15 is 0 Å². The van der Waals surface area contributed by atoms with Crippen molar-refractivity contribution in [2.45, 2.75) is 44.7 Å². The number of carbonyl (C=O) groups excluding carboxylic acids is 2. The number of ether oxygens (including phenoxy) is 2. The van der Waals surface area contributed by atoms with Crippen LogP contribution in [-0.4, -0.2) is 58.5 Å². The van der Waals surface area contributed by atoms with E-state index in [4.69, 9.17) is 9.47 Å². The van der Waals surface area contributed by atoms with Gasteiger partial charge in [0.25, 0.3) is 10.0 Å². The maximum Gasteiger partial charge on any atom is 0.264 e. The van der Waals surface area contributed by atoms with Crippen LogP contribution in [0.25, 0.3) is 0 Å². The highest BCUT2D eigenvalue weighted by Gasteiger charge is 2.32. The summed E-state index contributed by atoms with van der Waals surface area (Å²) < 4.78 is 39.2. The van der Waals surface area contributed by atoms with Gasteiger partial charge in [0, 0.05) is 13.1 Å². The molecule has 3 aromatic carbocycles. The van der Waals surface area contributed by atoms with Crippen LogP contribution in [0.2, 0.25) is 0 Å². The summed E-state index contributed by atoms with van der Waals surface area (Å²) in [5.41, 5.74) is 1.97. The second-order valence-electron chi connectivity index (χ2n) is 9.36. The van der Waals surface area contributed by atoms with Crippen LogP contribution in [0.15, 0.2) is 77.7 Å². The van der Waals surface area contributed by atoms with E-state index in [1.807, 2.05) is 13.8 Å². The van der Waals surface area contributed by atoms with Crippen LogP contribution in [0.5, 0.6) is 11.5 Å². The summed E-state index contributed by atoms with van der Waals surface area (Å²) in [6.45, 7) is 5.50. The van der Waals surface area contributed by atoms with Crippen molar-refractivity contribution in [3.63, 3.8) is 0 Å². The average Bonchev–Trinajstić information content (AvgIpc) is 2.97. The van der Waals surface area contributed by atoms with Crippen molar-refractivity contribution in [2.75, 3.05) is 31.6 Å². The van der Waals surface area contributed by atoms with E-state index in [9.17, 15) is 18.0 Å². The SMILES string of the molecule is CCCNC(=O)C(C)N(Cc1ccc(OC)cc1)C(=O)CN(c1ccc(OC)cc1)S(=O)(=O)c1ccc(C)cc1. The molecule has 40 heavy (non-hydrogen) atoms. The lowest BCUT2D eigenvalue weighted by Gasteiger charge is -2.32. The summed E-state index contributed by atoms with van der Waals surface area (Å²) in [4.78, 5) is 28.3. The van der Waals surface area contributed by atoms with Crippen LogP contribution in [0, 0.1) is 6.92 Å². The Bertz CT molecular complexity index is 1370. The molecule has 0 saturated carbocycles. The minimum Gasteiger partial charge on any atom is -0.497 e. The minimum absolute atomic E-state index is 0.0529. The summed E-state index contributed by atoms with van der Waals surface area (Å²) >= 11 is 0. The molecule has 214 valence electrons. The second-order valence-corrected chi connectivity index (χ2v) is 11.2. The minimum atomic E-state index is -4.13. The molecule has 9 nitrogen and oxygen atoms in total. The molecule has 0 aliphatic rings. The van der Waals surface area contributed by atoms with Crippen LogP contribution in [-0.2, 0) is 26.2 Å². The predicted octanol–water partition coefficient (Wildman–Crippen LogP) is 4.15. The summed E-state index contributed by atoms with van der Waals surface area (Å²) in [6, 6.07) is 19.2. The molecule has 0 aliphatic heterocycles. The van der Waals surface area contributed by atoms with Crippen molar-refractivity contribution in [2.24, 2.45) is 0 Å². The molecule has 0 heterocycles. The van der Waals surface area contributed by atoms with Crippen LogP contribution in [0.3, 0.4) is 0 Å². The number of hydrogen-bond donors (Lipinski definition) is 1. The number of nitrogens with one attached hydrogen (secondary N) is 1. The number of hydrogen-bond acceptors (Lipinski definition) is 6. The molecule has 0 saturated heterocycles. The number of methoxy groups -OCH3 is 2. The van der Waals surface area contributed by atoms with Gasteiger partial charge in [0.2, 0.25) is 11.8 Å². The Hall–Kier alpha value is -4.05. The molecule has 1 N–H and O–H groups in total.